The summed E-state index contributed by atoms with van der Waals surface area (Å²) < 4.78 is 54.2. The van der Waals surface area contributed by atoms with Crippen LogP contribution in [0.4, 0.5) is 13.2 Å². The number of hydrogen-bond acceptors (Lipinski definition) is 4. The normalized spacial score (nSPS) is 17.6. The summed E-state index contributed by atoms with van der Waals surface area (Å²) in [5, 5.41) is 0. The highest BCUT2D eigenvalue weighted by molar-refractivity contribution is 7.85. The third kappa shape index (κ3) is 5.45. The number of carbonyl (C=O) groups is 1. The van der Waals surface area contributed by atoms with Gasteiger partial charge in [0, 0.05) is 35.4 Å². The Bertz CT molecular complexity index is 509. The van der Waals surface area contributed by atoms with E-state index in [1.807, 2.05) is 0 Å². The van der Waals surface area contributed by atoms with E-state index in [-0.39, 0.29) is 13.1 Å². The van der Waals surface area contributed by atoms with Crippen LogP contribution in [-0.2, 0) is 22.1 Å². The summed E-state index contributed by atoms with van der Waals surface area (Å²) in [5.74, 6) is 0.592. The first-order valence-corrected chi connectivity index (χ1v) is 8.26. The Kier molecular flexibility index (Phi) is 5.63. The fraction of sp³-hybridized carbons (Fsp3) is 0.615. The first-order chi connectivity index (χ1) is 10.3. The standard InChI is InChI=1S/C13H17F3N2O3S/c14-13(15,16)10-18(8-11-2-1-5-21-11)12(19)9-17-3-6-22(20)7-4-17/h1-2,5H,3-4,6-10H2. The van der Waals surface area contributed by atoms with Gasteiger partial charge in [-0.2, -0.15) is 13.2 Å². The van der Waals surface area contributed by atoms with Gasteiger partial charge in [-0.25, -0.2) is 0 Å². The molecule has 0 unspecified atom stereocenters. The maximum Gasteiger partial charge on any atom is 0.406 e. The number of alkyl halides is 3. The van der Waals surface area contributed by atoms with Crippen LogP contribution in [0.2, 0.25) is 0 Å². The largest absolute Gasteiger partial charge is 0.467 e. The Hall–Kier alpha value is -1.35. The summed E-state index contributed by atoms with van der Waals surface area (Å²) in [6.45, 7) is -0.719. The zero-order chi connectivity index (χ0) is 16.2. The monoisotopic (exact) mass is 338 g/mol. The maximum atomic E-state index is 12.6. The minimum absolute atomic E-state index is 0.103. The molecule has 22 heavy (non-hydrogen) atoms. The third-order valence-corrected chi connectivity index (χ3v) is 4.55. The van der Waals surface area contributed by atoms with Gasteiger partial charge < -0.3 is 9.32 Å². The molecular formula is C13H17F3N2O3S. The Balaban J connectivity index is 1.97. The Morgan fingerprint density at radius 3 is 2.59 bits per heavy atom. The zero-order valence-electron chi connectivity index (χ0n) is 11.8. The predicted molar refractivity (Wildman–Crippen MR) is 74.5 cm³/mol. The van der Waals surface area contributed by atoms with Gasteiger partial charge in [-0.3, -0.25) is 13.9 Å². The summed E-state index contributed by atoms with van der Waals surface area (Å²) in [5.41, 5.74) is 0. The van der Waals surface area contributed by atoms with Gasteiger partial charge in [0.25, 0.3) is 0 Å². The van der Waals surface area contributed by atoms with E-state index in [2.05, 4.69) is 0 Å². The molecule has 0 spiro atoms. The molecule has 0 N–H and O–H groups in total. The smallest absolute Gasteiger partial charge is 0.406 e. The van der Waals surface area contributed by atoms with Crippen molar-refractivity contribution in [3.05, 3.63) is 24.2 Å². The van der Waals surface area contributed by atoms with Gasteiger partial charge in [0.1, 0.15) is 12.3 Å². The summed E-state index contributed by atoms with van der Waals surface area (Å²) in [6, 6.07) is 3.09. The molecule has 1 fully saturated rings. The van der Waals surface area contributed by atoms with Crippen molar-refractivity contribution in [1.29, 1.82) is 0 Å². The van der Waals surface area contributed by atoms with E-state index >= 15 is 0 Å². The van der Waals surface area contributed by atoms with Crippen molar-refractivity contribution in [2.75, 3.05) is 37.7 Å². The van der Waals surface area contributed by atoms with Crippen LogP contribution < -0.4 is 0 Å². The number of carbonyl (C=O) groups excluding carboxylic acids is 1. The van der Waals surface area contributed by atoms with Crippen molar-refractivity contribution in [2.24, 2.45) is 0 Å². The Morgan fingerprint density at radius 2 is 2.05 bits per heavy atom. The highest BCUT2D eigenvalue weighted by atomic mass is 32.2. The maximum absolute atomic E-state index is 12.6. The highest BCUT2D eigenvalue weighted by Gasteiger charge is 2.34. The lowest BCUT2D eigenvalue weighted by atomic mass is 10.3. The van der Waals surface area contributed by atoms with E-state index in [1.165, 1.54) is 12.3 Å². The molecule has 1 aromatic heterocycles. The molecule has 1 aromatic rings. The minimum Gasteiger partial charge on any atom is -0.467 e. The fourth-order valence-corrected chi connectivity index (χ4v) is 3.29. The molecule has 1 saturated heterocycles. The van der Waals surface area contributed by atoms with E-state index in [0.717, 1.165) is 4.90 Å². The molecule has 0 aliphatic carbocycles. The van der Waals surface area contributed by atoms with E-state index in [1.54, 1.807) is 11.0 Å². The van der Waals surface area contributed by atoms with Crippen LogP contribution in [0.1, 0.15) is 5.76 Å². The number of amides is 1. The third-order valence-electron chi connectivity index (χ3n) is 3.28. The molecule has 1 aliphatic rings. The van der Waals surface area contributed by atoms with Gasteiger partial charge in [-0.05, 0) is 12.1 Å². The SMILES string of the molecule is O=C(CN1CCS(=O)CC1)N(Cc1ccco1)CC(F)(F)F. The van der Waals surface area contributed by atoms with Crippen LogP contribution in [0.15, 0.2) is 22.8 Å². The molecule has 0 aromatic carbocycles. The summed E-state index contributed by atoms with van der Waals surface area (Å²) >= 11 is 0. The molecule has 0 bridgehead atoms. The highest BCUT2D eigenvalue weighted by Crippen LogP contribution is 2.19. The van der Waals surface area contributed by atoms with Gasteiger partial charge in [-0.15, -0.1) is 0 Å². The lowest BCUT2D eigenvalue weighted by Crippen LogP contribution is -2.47. The van der Waals surface area contributed by atoms with E-state index in [9.17, 15) is 22.2 Å². The van der Waals surface area contributed by atoms with Crippen LogP contribution in [0.3, 0.4) is 0 Å². The summed E-state index contributed by atoms with van der Waals surface area (Å²) in [4.78, 5) is 14.6. The summed E-state index contributed by atoms with van der Waals surface area (Å²) in [7, 11) is -0.890. The average molecular weight is 338 g/mol. The average Bonchev–Trinajstić information content (AvgIpc) is 2.92. The zero-order valence-corrected chi connectivity index (χ0v) is 12.7. The molecule has 1 aliphatic heterocycles. The number of rotatable bonds is 5. The quantitative estimate of drug-likeness (QED) is 0.810. The van der Waals surface area contributed by atoms with Crippen molar-refractivity contribution in [3.63, 3.8) is 0 Å². The van der Waals surface area contributed by atoms with Crippen molar-refractivity contribution < 1.29 is 26.6 Å². The molecule has 2 heterocycles. The van der Waals surface area contributed by atoms with E-state index in [0.29, 0.717) is 30.4 Å². The molecule has 5 nitrogen and oxygen atoms in total. The lowest BCUT2D eigenvalue weighted by Gasteiger charge is -2.29. The number of hydrogen-bond donors (Lipinski definition) is 0. The van der Waals surface area contributed by atoms with Crippen LogP contribution >= 0.6 is 0 Å². The second-order valence-electron chi connectivity index (χ2n) is 5.07. The van der Waals surface area contributed by atoms with Crippen LogP contribution in [0.25, 0.3) is 0 Å². The van der Waals surface area contributed by atoms with Gasteiger partial charge >= 0.3 is 6.18 Å². The molecule has 1 amide bonds. The Morgan fingerprint density at radius 1 is 1.36 bits per heavy atom. The molecule has 9 heteroatoms. The first-order valence-electron chi connectivity index (χ1n) is 6.78. The fourth-order valence-electron chi connectivity index (χ4n) is 2.16. The second kappa shape index (κ2) is 7.28. The molecule has 2 rings (SSSR count). The van der Waals surface area contributed by atoms with E-state index < -0.39 is 29.4 Å². The van der Waals surface area contributed by atoms with Crippen molar-refractivity contribution in [2.45, 2.75) is 12.7 Å². The van der Waals surface area contributed by atoms with Gasteiger partial charge in [0.2, 0.25) is 5.91 Å². The second-order valence-corrected chi connectivity index (χ2v) is 6.76. The van der Waals surface area contributed by atoms with Crippen molar-refractivity contribution in [3.8, 4) is 0 Å². The van der Waals surface area contributed by atoms with E-state index in [4.69, 9.17) is 4.42 Å². The number of nitrogens with zero attached hydrogens (tertiary/aromatic N) is 2. The van der Waals surface area contributed by atoms with Crippen LogP contribution in [0, 0.1) is 0 Å². The topological polar surface area (TPSA) is 53.8 Å². The molecular weight excluding hydrogens is 321 g/mol. The number of halogens is 3. The van der Waals surface area contributed by atoms with Gasteiger partial charge in [0.15, 0.2) is 0 Å². The molecule has 0 radical (unpaired) electrons. The lowest BCUT2D eigenvalue weighted by molar-refractivity contribution is -0.163. The molecule has 0 atom stereocenters. The van der Waals surface area contributed by atoms with Gasteiger partial charge in [-0.1, -0.05) is 0 Å². The molecule has 124 valence electrons. The van der Waals surface area contributed by atoms with Crippen LogP contribution in [-0.4, -0.2) is 63.8 Å². The Labute approximate surface area is 128 Å². The van der Waals surface area contributed by atoms with Gasteiger partial charge in [0.05, 0.1) is 19.4 Å². The minimum atomic E-state index is -4.47. The first kappa shape index (κ1) is 17.0. The van der Waals surface area contributed by atoms with Crippen molar-refractivity contribution in [1.82, 2.24) is 9.80 Å². The van der Waals surface area contributed by atoms with Crippen LogP contribution in [0.5, 0.6) is 0 Å². The predicted octanol–water partition coefficient (Wildman–Crippen LogP) is 1.23. The number of furan rings is 1. The van der Waals surface area contributed by atoms with Crippen molar-refractivity contribution >= 4 is 16.7 Å². The molecule has 0 saturated carbocycles. The summed E-state index contributed by atoms with van der Waals surface area (Å²) in [6.07, 6.45) is -3.11.